The molecule has 0 amide bonds. The van der Waals surface area contributed by atoms with Gasteiger partial charge in [-0.1, -0.05) is 33.1 Å². The van der Waals surface area contributed by atoms with Gasteiger partial charge in [0, 0.05) is 0 Å². The fourth-order valence-electron chi connectivity index (χ4n) is 1.61. The zero-order chi connectivity index (χ0) is 6.69. The Kier molecular flexibility index (Phi) is 2.56. The zero-order valence-electron chi connectivity index (χ0n) is 6.61. The van der Waals surface area contributed by atoms with Crippen molar-refractivity contribution in [3.05, 3.63) is 5.92 Å². The van der Waals surface area contributed by atoms with Crippen LogP contribution in [0.5, 0.6) is 0 Å². The van der Waals surface area contributed by atoms with Gasteiger partial charge in [0.25, 0.3) is 0 Å². The van der Waals surface area contributed by atoms with Gasteiger partial charge in [0.1, 0.15) is 0 Å². The van der Waals surface area contributed by atoms with Crippen LogP contribution in [0.15, 0.2) is 0 Å². The Morgan fingerprint density at radius 3 is 2.33 bits per heavy atom. The minimum Gasteiger partial charge on any atom is -0.0651 e. The topological polar surface area (TPSA) is 0 Å². The lowest BCUT2D eigenvalue weighted by atomic mass is 9.91. The van der Waals surface area contributed by atoms with Gasteiger partial charge >= 0.3 is 0 Å². The summed E-state index contributed by atoms with van der Waals surface area (Å²) in [6.45, 7) is 4.65. The summed E-state index contributed by atoms with van der Waals surface area (Å²) in [5, 5.41) is 0. The van der Waals surface area contributed by atoms with Gasteiger partial charge in [-0.2, -0.15) is 0 Å². The highest BCUT2D eigenvalue weighted by Crippen LogP contribution is 2.34. The van der Waals surface area contributed by atoms with Crippen LogP contribution in [0, 0.1) is 11.8 Å². The van der Waals surface area contributed by atoms with Crippen molar-refractivity contribution < 1.29 is 0 Å². The molecule has 0 heterocycles. The van der Waals surface area contributed by atoms with Crippen LogP contribution >= 0.6 is 0 Å². The first-order valence-corrected chi connectivity index (χ1v) is 4.19. The molecule has 1 rings (SSSR count). The Morgan fingerprint density at radius 1 is 1.33 bits per heavy atom. The standard InChI is InChI=1S/C9H17/c1-3-8(2)9-6-4-5-7-9/h8H,3-7H2,1-2H3. The highest BCUT2D eigenvalue weighted by Gasteiger charge is 2.19. The number of hydrogen-bond acceptors (Lipinski definition) is 0. The molecule has 1 aliphatic carbocycles. The molecule has 53 valence electrons. The van der Waals surface area contributed by atoms with E-state index >= 15 is 0 Å². The van der Waals surface area contributed by atoms with Gasteiger partial charge < -0.3 is 0 Å². The highest BCUT2D eigenvalue weighted by atomic mass is 14.2. The summed E-state index contributed by atoms with van der Waals surface area (Å²) in [5.41, 5.74) is 0. The molecule has 0 heteroatoms. The van der Waals surface area contributed by atoms with E-state index in [2.05, 4.69) is 13.8 Å². The molecular weight excluding hydrogens is 108 g/mol. The normalized spacial score (nSPS) is 24.7. The molecule has 0 aromatic carbocycles. The van der Waals surface area contributed by atoms with Gasteiger partial charge in [-0.3, -0.25) is 0 Å². The molecule has 1 aliphatic rings. The van der Waals surface area contributed by atoms with Crippen molar-refractivity contribution in [2.75, 3.05) is 0 Å². The molecule has 9 heavy (non-hydrogen) atoms. The molecule has 1 radical (unpaired) electrons. The molecular formula is C9H17. The van der Waals surface area contributed by atoms with Gasteiger partial charge in [0.05, 0.1) is 0 Å². The molecule has 0 spiro atoms. The molecule has 1 saturated carbocycles. The fourth-order valence-corrected chi connectivity index (χ4v) is 1.61. The maximum atomic E-state index is 2.36. The van der Waals surface area contributed by atoms with E-state index in [9.17, 15) is 0 Å². The van der Waals surface area contributed by atoms with Crippen molar-refractivity contribution in [1.82, 2.24) is 0 Å². The minimum absolute atomic E-state index is 0.910. The van der Waals surface area contributed by atoms with Gasteiger partial charge in [-0.25, -0.2) is 0 Å². The second-order valence-corrected chi connectivity index (χ2v) is 3.17. The molecule has 0 aromatic heterocycles. The third kappa shape index (κ3) is 1.70. The van der Waals surface area contributed by atoms with E-state index in [1.54, 1.807) is 0 Å². The molecule has 0 saturated heterocycles. The zero-order valence-corrected chi connectivity index (χ0v) is 6.61. The maximum Gasteiger partial charge on any atom is -0.0213 e. The van der Waals surface area contributed by atoms with Crippen molar-refractivity contribution in [3.63, 3.8) is 0 Å². The van der Waals surface area contributed by atoms with Crippen molar-refractivity contribution >= 4 is 0 Å². The summed E-state index contributed by atoms with van der Waals surface area (Å²) in [6, 6.07) is 0. The summed E-state index contributed by atoms with van der Waals surface area (Å²) in [7, 11) is 0. The lowest BCUT2D eigenvalue weighted by Crippen LogP contribution is -2.02. The Bertz CT molecular complexity index is 70.1. The first-order valence-electron chi connectivity index (χ1n) is 4.19. The molecule has 0 nitrogen and oxygen atoms in total. The largest absolute Gasteiger partial charge is 0.0651 e. The minimum atomic E-state index is 0.910. The summed E-state index contributed by atoms with van der Waals surface area (Å²) in [5.74, 6) is 2.74. The molecule has 0 bridgehead atoms. The Labute approximate surface area is 58.7 Å². The van der Waals surface area contributed by atoms with E-state index in [0.29, 0.717) is 0 Å². The second kappa shape index (κ2) is 3.24. The van der Waals surface area contributed by atoms with E-state index in [1.165, 1.54) is 32.1 Å². The fraction of sp³-hybridized carbons (Fsp3) is 0.889. The van der Waals surface area contributed by atoms with Crippen LogP contribution in [-0.2, 0) is 0 Å². The van der Waals surface area contributed by atoms with E-state index in [1.807, 2.05) is 5.92 Å². The summed E-state index contributed by atoms with van der Waals surface area (Å²) in [6.07, 6.45) is 7.11. The van der Waals surface area contributed by atoms with Crippen LogP contribution in [0.1, 0.15) is 46.0 Å². The van der Waals surface area contributed by atoms with Gasteiger partial charge in [-0.15, -0.1) is 0 Å². The van der Waals surface area contributed by atoms with E-state index < -0.39 is 0 Å². The predicted molar refractivity (Wildman–Crippen MR) is 41.2 cm³/mol. The Hall–Kier alpha value is 0. The van der Waals surface area contributed by atoms with Crippen molar-refractivity contribution in [2.24, 2.45) is 5.92 Å². The predicted octanol–water partition coefficient (Wildman–Crippen LogP) is 3.18. The number of hydrogen-bond donors (Lipinski definition) is 0. The second-order valence-electron chi connectivity index (χ2n) is 3.17. The maximum absolute atomic E-state index is 2.36. The first-order chi connectivity index (χ1) is 4.34. The van der Waals surface area contributed by atoms with Crippen LogP contribution in [0.25, 0.3) is 0 Å². The molecule has 1 fully saturated rings. The quantitative estimate of drug-likeness (QED) is 0.531. The monoisotopic (exact) mass is 125 g/mol. The van der Waals surface area contributed by atoms with E-state index in [-0.39, 0.29) is 0 Å². The molecule has 1 atom stereocenters. The van der Waals surface area contributed by atoms with Crippen LogP contribution < -0.4 is 0 Å². The first kappa shape index (κ1) is 7.11. The molecule has 0 aromatic rings. The Morgan fingerprint density at radius 2 is 1.89 bits per heavy atom. The summed E-state index contributed by atoms with van der Waals surface area (Å²) in [4.78, 5) is 0. The van der Waals surface area contributed by atoms with Crippen molar-refractivity contribution in [2.45, 2.75) is 46.0 Å². The van der Waals surface area contributed by atoms with E-state index in [0.717, 1.165) is 5.92 Å². The summed E-state index contributed by atoms with van der Waals surface area (Å²) < 4.78 is 0. The Balaban J connectivity index is 2.24. The van der Waals surface area contributed by atoms with Crippen LogP contribution in [-0.4, -0.2) is 0 Å². The lowest BCUT2D eigenvalue weighted by molar-refractivity contribution is 0.547. The third-order valence-corrected chi connectivity index (χ3v) is 2.56. The van der Waals surface area contributed by atoms with Crippen molar-refractivity contribution in [1.29, 1.82) is 0 Å². The van der Waals surface area contributed by atoms with E-state index in [4.69, 9.17) is 0 Å². The van der Waals surface area contributed by atoms with Gasteiger partial charge in [0.15, 0.2) is 0 Å². The SMILES string of the molecule is CCC(C)[C]1CCCC1. The lowest BCUT2D eigenvalue weighted by Gasteiger charge is -2.14. The summed E-state index contributed by atoms with van der Waals surface area (Å²) >= 11 is 0. The molecule has 0 aliphatic heterocycles. The number of rotatable bonds is 2. The molecule has 0 N–H and O–H groups in total. The molecule has 1 unspecified atom stereocenters. The van der Waals surface area contributed by atoms with Gasteiger partial charge in [0.2, 0.25) is 0 Å². The van der Waals surface area contributed by atoms with Crippen LogP contribution in [0.4, 0.5) is 0 Å². The third-order valence-electron chi connectivity index (χ3n) is 2.56. The van der Waals surface area contributed by atoms with Crippen LogP contribution in [0.3, 0.4) is 0 Å². The smallest absolute Gasteiger partial charge is 0.0213 e. The average molecular weight is 125 g/mol. The highest BCUT2D eigenvalue weighted by molar-refractivity contribution is 4.97. The van der Waals surface area contributed by atoms with Crippen LogP contribution in [0.2, 0.25) is 0 Å². The average Bonchev–Trinajstić information content (AvgIpc) is 2.37. The van der Waals surface area contributed by atoms with Crippen molar-refractivity contribution in [3.8, 4) is 0 Å². The van der Waals surface area contributed by atoms with Gasteiger partial charge in [-0.05, 0) is 24.7 Å².